The topological polar surface area (TPSA) is 97.1 Å². The smallest absolute Gasteiger partial charge is 0.303 e. The summed E-state index contributed by atoms with van der Waals surface area (Å²) in [5.74, 6) is -0.986. The van der Waals surface area contributed by atoms with Crippen LogP contribution in [0, 0.1) is 0 Å². The molecular formula is C20H17NO6S2. The number of hydrogen-bond acceptors (Lipinski definition) is 7. The predicted octanol–water partition coefficient (Wildman–Crippen LogP) is 3.28. The zero-order chi connectivity index (χ0) is 20.8. The van der Waals surface area contributed by atoms with Crippen molar-refractivity contribution in [1.82, 2.24) is 4.90 Å². The van der Waals surface area contributed by atoms with Crippen molar-refractivity contribution in [2.75, 3.05) is 6.54 Å². The summed E-state index contributed by atoms with van der Waals surface area (Å²) in [4.78, 5) is 37.0. The van der Waals surface area contributed by atoms with Gasteiger partial charge in [-0.05, 0) is 12.0 Å². The molecule has 1 aromatic heterocycles. The fourth-order valence-electron chi connectivity index (χ4n) is 2.54. The average Bonchev–Trinajstić information content (AvgIpc) is 2.95. The van der Waals surface area contributed by atoms with Crippen molar-refractivity contribution in [2.24, 2.45) is 0 Å². The van der Waals surface area contributed by atoms with Crippen molar-refractivity contribution in [2.45, 2.75) is 19.4 Å². The van der Waals surface area contributed by atoms with Crippen molar-refractivity contribution in [3.8, 4) is 5.75 Å². The minimum absolute atomic E-state index is 0.0462. The number of ether oxygens (including phenoxy) is 1. The zero-order valence-corrected chi connectivity index (χ0v) is 16.8. The van der Waals surface area contributed by atoms with E-state index in [-0.39, 0.29) is 42.4 Å². The van der Waals surface area contributed by atoms with E-state index in [1.807, 2.05) is 30.3 Å². The standard InChI is InChI=1S/C20H17NO6S2/c22-15-9-14(26-12-16(15)27-11-13-5-2-1-3-6-13)10-17-19(25)21(20(28)29-17)8-4-7-18(23)24/h1-3,5-6,9-10,12H,4,7-8,11H2,(H,23,24). The molecule has 1 amide bonds. The first-order valence-electron chi connectivity index (χ1n) is 8.71. The maximum absolute atomic E-state index is 12.5. The van der Waals surface area contributed by atoms with Crippen LogP contribution in [0.15, 0.2) is 56.8 Å². The summed E-state index contributed by atoms with van der Waals surface area (Å²) in [5.41, 5.74) is 0.554. The molecule has 1 fully saturated rings. The van der Waals surface area contributed by atoms with Crippen LogP contribution in [0.1, 0.15) is 24.2 Å². The highest BCUT2D eigenvalue weighted by molar-refractivity contribution is 8.26. The molecule has 1 aromatic carbocycles. The van der Waals surface area contributed by atoms with Crippen molar-refractivity contribution in [1.29, 1.82) is 0 Å². The summed E-state index contributed by atoms with van der Waals surface area (Å²) in [6.45, 7) is 0.463. The molecule has 2 heterocycles. The largest absolute Gasteiger partial charge is 0.482 e. The number of aliphatic carboxylic acids is 1. The van der Waals surface area contributed by atoms with Gasteiger partial charge in [-0.25, -0.2) is 0 Å². The van der Waals surface area contributed by atoms with Gasteiger partial charge in [0.2, 0.25) is 11.2 Å². The fraction of sp³-hybridized carbons (Fsp3) is 0.200. The maximum Gasteiger partial charge on any atom is 0.303 e. The molecule has 3 rings (SSSR count). The number of carboxylic acids is 1. The summed E-state index contributed by atoms with van der Waals surface area (Å²) in [6, 6.07) is 10.7. The summed E-state index contributed by atoms with van der Waals surface area (Å²) in [6.07, 6.45) is 2.91. The third-order valence-corrected chi connectivity index (χ3v) is 5.35. The van der Waals surface area contributed by atoms with E-state index in [9.17, 15) is 14.4 Å². The third-order valence-electron chi connectivity index (χ3n) is 3.97. The fourth-order valence-corrected chi connectivity index (χ4v) is 3.83. The molecule has 1 saturated heterocycles. The van der Waals surface area contributed by atoms with Crippen LogP contribution in [-0.4, -0.2) is 32.7 Å². The van der Waals surface area contributed by atoms with E-state index in [0.29, 0.717) is 15.6 Å². The number of rotatable bonds is 8. The van der Waals surface area contributed by atoms with Gasteiger partial charge in [-0.3, -0.25) is 19.3 Å². The van der Waals surface area contributed by atoms with Gasteiger partial charge in [-0.1, -0.05) is 54.3 Å². The van der Waals surface area contributed by atoms with Gasteiger partial charge in [0.05, 0.1) is 4.91 Å². The number of carbonyl (C=O) groups excluding carboxylic acids is 1. The minimum atomic E-state index is -0.928. The Bertz CT molecular complexity index is 1020. The van der Waals surface area contributed by atoms with Crippen LogP contribution in [-0.2, 0) is 16.2 Å². The molecule has 150 valence electrons. The Morgan fingerprint density at radius 1 is 1.28 bits per heavy atom. The Kier molecular flexibility index (Phi) is 6.84. The second-order valence-electron chi connectivity index (χ2n) is 6.12. The highest BCUT2D eigenvalue weighted by Crippen LogP contribution is 2.32. The maximum atomic E-state index is 12.5. The van der Waals surface area contributed by atoms with Crippen LogP contribution >= 0.6 is 24.0 Å². The molecule has 9 heteroatoms. The molecule has 1 aliphatic heterocycles. The molecule has 0 atom stereocenters. The summed E-state index contributed by atoms with van der Waals surface area (Å²) in [5, 5.41) is 8.71. The quantitative estimate of drug-likeness (QED) is 0.502. The van der Waals surface area contributed by atoms with E-state index in [4.69, 9.17) is 26.5 Å². The molecule has 2 aromatic rings. The van der Waals surface area contributed by atoms with Gasteiger partial charge in [0.15, 0.2) is 0 Å². The molecule has 0 aliphatic carbocycles. The Morgan fingerprint density at radius 2 is 2.03 bits per heavy atom. The lowest BCUT2D eigenvalue weighted by Crippen LogP contribution is -2.29. The van der Waals surface area contributed by atoms with E-state index in [0.717, 1.165) is 17.3 Å². The Hall–Kier alpha value is -2.91. The first kappa shape index (κ1) is 20.8. The number of carbonyl (C=O) groups is 2. The van der Waals surface area contributed by atoms with E-state index in [1.54, 1.807) is 0 Å². The summed E-state index contributed by atoms with van der Waals surface area (Å²) in [7, 11) is 0. The zero-order valence-electron chi connectivity index (χ0n) is 15.2. The number of amides is 1. The summed E-state index contributed by atoms with van der Waals surface area (Å²) >= 11 is 6.27. The van der Waals surface area contributed by atoms with Gasteiger partial charge < -0.3 is 14.3 Å². The number of hydrogen-bond donors (Lipinski definition) is 1. The van der Waals surface area contributed by atoms with E-state index >= 15 is 0 Å². The number of carboxylic acid groups (broad SMARTS) is 1. The SMILES string of the molecule is O=C(O)CCCN1C(=O)C(=Cc2cc(=O)c(OCc3ccccc3)co2)SC1=S. The number of benzene rings is 1. The monoisotopic (exact) mass is 431 g/mol. The van der Waals surface area contributed by atoms with Crippen LogP contribution in [0.2, 0.25) is 0 Å². The third kappa shape index (κ3) is 5.55. The Balaban J connectivity index is 1.66. The van der Waals surface area contributed by atoms with Crippen molar-refractivity contribution in [3.05, 3.63) is 69.1 Å². The molecule has 7 nitrogen and oxygen atoms in total. The van der Waals surface area contributed by atoms with Crippen LogP contribution in [0.25, 0.3) is 6.08 Å². The van der Waals surface area contributed by atoms with Crippen molar-refractivity contribution in [3.63, 3.8) is 0 Å². The molecule has 0 unspecified atom stereocenters. The highest BCUT2D eigenvalue weighted by Gasteiger charge is 2.31. The van der Waals surface area contributed by atoms with Gasteiger partial charge in [0.25, 0.3) is 5.91 Å². The molecule has 1 N–H and O–H groups in total. The van der Waals surface area contributed by atoms with Crippen molar-refractivity contribution < 1.29 is 23.8 Å². The van der Waals surface area contributed by atoms with Gasteiger partial charge >= 0.3 is 5.97 Å². The Labute approximate surface area is 176 Å². The second kappa shape index (κ2) is 9.53. The van der Waals surface area contributed by atoms with Crippen LogP contribution in [0.5, 0.6) is 5.75 Å². The molecule has 0 saturated carbocycles. The van der Waals surface area contributed by atoms with Crippen LogP contribution in [0.3, 0.4) is 0 Å². The number of thiocarbonyl (C=S) groups is 1. The first-order valence-corrected chi connectivity index (χ1v) is 9.93. The summed E-state index contributed by atoms with van der Waals surface area (Å²) < 4.78 is 11.2. The molecular weight excluding hydrogens is 414 g/mol. The lowest BCUT2D eigenvalue weighted by Gasteiger charge is -2.13. The lowest BCUT2D eigenvalue weighted by atomic mass is 10.2. The average molecular weight is 431 g/mol. The first-order chi connectivity index (χ1) is 13.9. The van der Waals surface area contributed by atoms with Crippen LogP contribution < -0.4 is 10.2 Å². The number of thioether (sulfide) groups is 1. The molecule has 0 radical (unpaired) electrons. The minimum Gasteiger partial charge on any atom is -0.482 e. The van der Waals surface area contributed by atoms with Crippen molar-refractivity contribution >= 4 is 46.3 Å². The molecule has 1 aliphatic rings. The van der Waals surface area contributed by atoms with E-state index in [2.05, 4.69) is 0 Å². The van der Waals surface area contributed by atoms with E-state index in [1.165, 1.54) is 23.3 Å². The molecule has 29 heavy (non-hydrogen) atoms. The second-order valence-corrected chi connectivity index (χ2v) is 7.79. The Morgan fingerprint density at radius 3 is 2.72 bits per heavy atom. The van der Waals surface area contributed by atoms with E-state index < -0.39 is 5.97 Å². The van der Waals surface area contributed by atoms with Crippen LogP contribution in [0.4, 0.5) is 0 Å². The lowest BCUT2D eigenvalue weighted by molar-refractivity contribution is -0.137. The predicted molar refractivity (Wildman–Crippen MR) is 113 cm³/mol. The van der Waals surface area contributed by atoms with Gasteiger partial charge in [0, 0.05) is 25.1 Å². The molecule has 0 spiro atoms. The number of nitrogens with zero attached hydrogens (tertiary/aromatic N) is 1. The van der Waals surface area contributed by atoms with Gasteiger partial charge in [0.1, 0.15) is 23.0 Å². The molecule has 0 bridgehead atoms. The van der Waals surface area contributed by atoms with Gasteiger partial charge in [-0.2, -0.15) is 0 Å². The van der Waals surface area contributed by atoms with Gasteiger partial charge in [-0.15, -0.1) is 0 Å². The highest BCUT2D eigenvalue weighted by atomic mass is 32.2. The normalized spacial score (nSPS) is 15.2.